The molecular formula is C27H29FN2O3. The van der Waals surface area contributed by atoms with Crippen LogP contribution in [0.2, 0.25) is 0 Å². The molecule has 1 aromatic heterocycles. The maximum absolute atomic E-state index is 14.1. The smallest absolute Gasteiger partial charge is 0.261 e. The summed E-state index contributed by atoms with van der Waals surface area (Å²) in [4.78, 5) is 18.4. The minimum Gasteiger partial charge on any atom is -0.504 e. The van der Waals surface area contributed by atoms with Crippen molar-refractivity contribution in [1.82, 2.24) is 9.55 Å². The number of para-hydroxylation sites is 1. The van der Waals surface area contributed by atoms with Crippen molar-refractivity contribution in [2.45, 2.75) is 40.7 Å². The molecule has 33 heavy (non-hydrogen) atoms. The van der Waals surface area contributed by atoms with E-state index in [1.807, 2.05) is 63.3 Å². The molecule has 2 aromatic carbocycles. The minimum absolute atomic E-state index is 0.182. The Morgan fingerprint density at radius 3 is 2.55 bits per heavy atom. The Bertz CT molecular complexity index is 1240. The molecule has 0 aliphatic rings. The molecule has 0 unspecified atom stereocenters. The van der Waals surface area contributed by atoms with Crippen molar-refractivity contribution in [2.24, 2.45) is 0 Å². The van der Waals surface area contributed by atoms with E-state index in [0.717, 1.165) is 16.9 Å². The first kappa shape index (κ1) is 24.0. The molecule has 1 heterocycles. The fourth-order valence-electron chi connectivity index (χ4n) is 3.77. The first-order valence-electron chi connectivity index (χ1n) is 11.0. The van der Waals surface area contributed by atoms with Crippen molar-refractivity contribution in [3.8, 4) is 34.0 Å². The topological polar surface area (TPSA) is 64.3 Å². The summed E-state index contributed by atoms with van der Waals surface area (Å²) in [5, 5.41) is 10.4. The lowest BCUT2D eigenvalue weighted by atomic mass is 10.0. The number of allylic oxidation sites excluding steroid dienone is 4. The lowest BCUT2D eigenvalue weighted by molar-refractivity contribution is 0.340. The Morgan fingerprint density at radius 1 is 1.18 bits per heavy atom. The van der Waals surface area contributed by atoms with E-state index in [1.165, 1.54) is 16.7 Å². The predicted octanol–water partition coefficient (Wildman–Crippen LogP) is 6.04. The van der Waals surface area contributed by atoms with Crippen molar-refractivity contribution in [3.63, 3.8) is 0 Å². The zero-order valence-electron chi connectivity index (χ0n) is 19.4. The molecule has 0 amide bonds. The van der Waals surface area contributed by atoms with E-state index in [9.17, 15) is 14.3 Å². The SMILES string of the molecule is C/C=C\C(=C/C)CCn1c(-c2cccc(F)c2O)nc(C)c(-c2ccc(OCC)cc2)c1=O. The third-order valence-electron chi connectivity index (χ3n) is 5.41. The van der Waals surface area contributed by atoms with Crippen LogP contribution >= 0.6 is 0 Å². The third kappa shape index (κ3) is 5.22. The molecule has 0 aliphatic carbocycles. The zero-order valence-corrected chi connectivity index (χ0v) is 19.4. The number of ether oxygens (including phenoxy) is 1. The van der Waals surface area contributed by atoms with Gasteiger partial charge in [0.15, 0.2) is 11.6 Å². The van der Waals surface area contributed by atoms with Crippen molar-refractivity contribution >= 4 is 0 Å². The van der Waals surface area contributed by atoms with Gasteiger partial charge in [0.05, 0.1) is 23.4 Å². The first-order valence-corrected chi connectivity index (χ1v) is 11.0. The van der Waals surface area contributed by atoms with Gasteiger partial charge in [-0.1, -0.05) is 42.0 Å². The molecule has 0 atom stereocenters. The molecule has 0 bridgehead atoms. The van der Waals surface area contributed by atoms with Gasteiger partial charge in [-0.15, -0.1) is 0 Å². The second-order valence-corrected chi connectivity index (χ2v) is 7.56. The van der Waals surface area contributed by atoms with E-state index < -0.39 is 11.6 Å². The summed E-state index contributed by atoms with van der Waals surface area (Å²) in [7, 11) is 0. The summed E-state index contributed by atoms with van der Waals surface area (Å²) in [5.41, 5.74) is 2.67. The molecule has 6 heteroatoms. The highest BCUT2D eigenvalue weighted by molar-refractivity contribution is 5.70. The number of aromatic hydroxyl groups is 1. The van der Waals surface area contributed by atoms with Crippen molar-refractivity contribution in [3.05, 3.63) is 88.1 Å². The third-order valence-corrected chi connectivity index (χ3v) is 5.41. The van der Waals surface area contributed by atoms with E-state index in [2.05, 4.69) is 4.98 Å². The Balaban J connectivity index is 2.19. The summed E-state index contributed by atoms with van der Waals surface area (Å²) in [6.07, 6.45) is 6.49. The van der Waals surface area contributed by atoms with E-state index in [-0.39, 0.29) is 16.9 Å². The number of aryl methyl sites for hydroxylation is 1. The number of benzene rings is 2. The molecule has 0 radical (unpaired) electrons. The normalized spacial score (nSPS) is 11.8. The predicted molar refractivity (Wildman–Crippen MR) is 130 cm³/mol. The van der Waals surface area contributed by atoms with Gasteiger partial charge < -0.3 is 9.84 Å². The fourth-order valence-corrected chi connectivity index (χ4v) is 3.77. The molecule has 0 saturated heterocycles. The number of hydrogen-bond acceptors (Lipinski definition) is 4. The summed E-state index contributed by atoms with van der Waals surface area (Å²) in [5.74, 6) is -0.326. The van der Waals surface area contributed by atoms with Gasteiger partial charge in [0.1, 0.15) is 11.6 Å². The van der Waals surface area contributed by atoms with Gasteiger partial charge in [0, 0.05) is 6.54 Å². The van der Waals surface area contributed by atoms with Crippen LogP contribution in [-0.4, -0.2) is 21.3 Å². The van der Waals surface area contributed by atoms with Crippen LogP contribution in [0, 0.1) is 12.7 Å². The highest BCUT2D eigenvalue weighted by Crippen LogP contribution is 2.31. The molecule has 5 nitrogen and oxygen atoms in total. The van der Waals surface area contributed by atoms with E-state index in [1.54, 1.807) is 13.0 Å². The summed E-state index contributed by atoms with van der Waals surface area (Å²) in [6, 6.07) is 11.5. The van der Waals surface area contributed by atoms with Gasteiger partial charge in [0.2, 0.25) is 0 Å². The molecule has 0 fully saturated rings. The first-order chi connectivity index (χ1) is 15.9. The minimum atomic E-state index is -0.760. The van der Waals surface area contributed by atoms with Crippen LogP contribution < -0.4 is 10.3 Å². The second-order valence-electron chi connectivity index (χ2n) is 7.56. The average molecular weight is 449 g/mol. The fraction of sp³-hybridized carbons (Fsp3) is 0.259. The summed E-state index contributed by atoms with van der Waals surface area (Å²) in [6.45, 7) is 8.41. The number of rotatable bonds is 8. The number of aromatic nitrogens is 2. The van der Waals surface area contributed by atoms with Crippen LogP contribution in [0.4, 0.5) is 4.39 Å². The van der Waals surface area contributed by atoms with Crippen LogP contribution in [0.1, 0.15) is 32.9 Å². The van der Waals surface area contributed by atoms with Gasteiger partial charge in [0.25, 0.3) is 5.56 Å². The number of phenols is 1. The second kappa shape index (κ2) is 10.8. The van der Waals surface area contributed by atoms with Crippen LogP contribution in [0.5, 0.6) is 11.5 Å². The Labute approximate surface area is 193 Å². The number of halogens is 1. The molecule has 0 saturated carbocycles. The van der Waals surface area contributed by atoms with Crippen molar-refractivity contribution < 1.29 is 14.2 Å². The average Bonchev–Trinajstić information content (AvgIpc) is 2.80. The van der Waals surface area contributed by atoms with Crippen LogP contribution in [0.3, 0.4) is 0 Å². The van der Waals surface area contributed by atoms with Gasteiger partial charge in [-0.25, -0.2) is 9.37 Å². The summed E-state index contributed by atoms with van der Waals surface area (Å²) >= 11 is 0. The molecular weight excluding hydrogens is 419 g/mol. The molecule has 3 rings (SSSR count). The molecule has 0 aliphatic heterocycles. The van der Waals surface area contributed by atoms with Gasteiger partial charge >= 0.3 is 0 Å². The molecule has 3 aromatic rings. The zero-order chi connectivity index (χ0) is 24.0. The lowest BCUT2D eigenvalue weighted by Crippen LogP contribution is -2.26. The summed E-state index contributed by atoms with van der Waals surface area (Å²) < 4.78 is 21.1. The van der Waals surface area contributed by atoms with Crippen molar-refractivity contribution in [1.29, 1.82) is 0 Å². The lowest BCUT2D eigenvalue weighted by Gasteiger charge is -2.17. The number of phenolic OH excluding ortho intramolecular Hbond substituents is 1. The Morgan fingerprint density at radius 2 is 1.91 bits per heavy atom. The van der Waals surface area contributed by atoms with Crippen molar-refractivity contribution in [2.75, 3.05) is 6.61 Å². The van der Waals surface area contributed by atoms with Gasteiger partial charge in [-0.3, -0.25) is 9.36 Å². The molecule has 172 valence electrons. The van der Waals surface area contributed by atoms with Crippen LogP contribution in [-0.2, 0) is 6.54 Å². The largest absolute Gasteiger partial charge is 0.504 e. The van der Waals surface area contributed by atoms with Crippen LogP contribution in [0.25, 0.3) is 22.5 Å². The number of nitrogens with zero attached hydrogens (tertiary/aromatic N) is 2. The Hall–Kier alpha value is -3.67. The molecule has 0 spiro atoms. The highest BCUT2D eigenvalue weighted by Gasteiger charge is 2.20. The maximum atomic E-state index is 14.1. The number of hydrogen-bond donors (Lipinski definition) is 1. The Kier molecular flexibility index (Phi) is 7.83. The van der Waals surface area contributed by atoms with E-state index >= 15 is 0 Å². The molecule has 1 N–H and O–H groups in total. The van der Waals surface area contributed by atoms with E-state index in [4.69, 9.17) is 4.74 Å². The van der Waals surface area contributed by atoms with E-state index in [0.29, 0.717) is 30.8 Å². The van der Waals surface area contributed by atoms with Gasteiger partial charge in [-0.2, -0.15) is 0 Å². The monoisotopic (exact) mass is 448 g/mol. The van der Waals surface area contributed by atoms with Crippen LogP contribution in [0.15, 0.2) is 71.1 Å². The quantitative estimate of drug-likeness (QED) is 0.427. The standard InChI is InChI=1S/C27H29FN2O3/c1-5-9-19(6-2)16-17-30-26(22-10-8-11-23(28)25(22)31)29-18(4)24(27(30)32)20-12-14-21(15-13-20)33-7-3/h5-6,8-15,31H,7,16-17H2,1-4H3/b9-5-,19-6+. The van der Waals surface area contributed by atoms with Gasteiger partial charge in [-0.05, 0) is 63.9 Å². The highest BCUT2D eigenvalue weighted by atomic mass is 19.1. The maximum Gasteiger partial charge on any atom is 0.261 e.